The lowest BCUT2D eigenvalue weighted by molar-refractivity contribution is 0.0701. The van der Waals surface area contributed by atoms with Crippen LogP contribution in [-0.4, -0.2) is 16.1 Å². The first-order chi connectivity index (χ1) is 11.4. The van der Waals surface area contributed by atoms with Gasteiger partial charge in [0.25, 0.3) is 0 Å². The van der Waals surface area contributed by atoms with Crippen LogP contribution in [0.2, 0.25) is 10.0 Å². The fourth-order valence-electron chi connectivity index (χ4n) is 2.07. The molecule has 24 heavy (non-hydrogen) atoms. The molecule has 4 nitrogen and oxygen atoms in total. The monoisotopic (exact) mass is 379 g/mol. The maximum atomic E-state index is 11.1. The SMILES string of the molecule is Cc1nc(-c2ccc(Oc3cc(Cl)ccc3Cl)cc2)sc1C(=O)O. The quantitative estimate of drug-likeness (QED) is 0.611. The minimum Gasteiger partial charge on any atom is -0.477 e. The molecule has 0 atom stereocenters. The van der Waals surface area contributed by atoms with E-state index in [2.05, 4.69) is 4.98 Å². The van der Waals surface area contributed by atoms with Gasteiger partial charge in [-0.25, -0.2) is 9.78 Å². The predicted molar refractivity (Wildman–Crippen MR) is 95.8 cm³/mol. The molecule has 3 rings (SSSR count). The Morgan fingerprint density at radius 1 is 1.17 bits per heavy atom. The molecule has 0 amide bonds. The van der Waals surface area contributed by atoms with Crippen LogP contribution in [0.1, 0.15) is 15.4 Å². The van der Waals surface area contributed by atoms with E-state index in [4.69, 9.17) is 33.0 Å². The van der Waals surface area contributed by atoms with Crippen molar-refractivity contribution < 1.29 is 14.6 Å². The Morgan fingerprint density at radius 3 is 2.50 bits per heavy atom. The summed E-state index contributed by atoms with van der Waals surface area (Å²) in [5.41, 5.74) is 1.33. The van der Waals surface area contributed by atoms with Crippen LogP contribution in [-0.2, 0) is 0 Å². The molecule has 0 saturated heterocycles. The normalized spacial score (nSPS) is 10.6. The Labute approximate surface area is 152 Å². The fraction of sp³-hybridized carbons (Fsp3) is 0.0588. The molecule has 0 fully saturated rings. The van der Waals surface area contributed by atoms with Crippen molar-refractivity contribution in [3.05, 3.63) is 63.1 Å². The van der Waals surface area contributed by atoms with Crippen molar-refractivity contribution in [1.82, 2.24) is 4.98 Å². The summed E-state index contributed by atoms with van der Waals surface area (Å²) >= 11 is 13.2. The number of halogens is 2. The van der Waals surface area contributed by atoms with Crippen molar-refractivity contribution in [2.45, 2.75) is 6.92 Å². The number of thiazole rings is 1. The Bertz CT molecular complexity index is 907. The summed E-state index contributed by atoms with van der Waals surface area (Å²) in [5.74, 6) is 0.0941. The molecule has 0 aliphatic rings. The van der Waals surface area contributed by atoms with Crippen molar-refractivity contribution >= 4 is 40.5 Å². The highest BCUT2D eigenvalue weighted by molar-refractivity contribution is 7.17. The maximum absolute atomic E-state index is 11.1. The second-order valence-electron chi connectivity index (χ2n) is 4.94. The summed E-state index contributed by atoms with van der Waals surface area (Å²) in [6.45, 7) is 1.68. The molecule has 7 heteroatoms. The first-order valence-corrected chi connectivity index (χ1v) is 8.45. The predicted octanol–water partition coefficient (Wildman–Crippen LogP) is 5.92. The van der Waals surface area contributed by atoms with Gasteiger partial charge in [0.2, 0.25) is 0 Å². The minimum absolute atomic E-state index is 0.246. The molecule has 1 aromatic heterocycles. The number of aromatic carboxylic acids is 1. The van der Waals surface area contributed by atoms with Gasteiger partial charge in [-0.05, 0) is 43.3 Å². The fourth-order valence-corrected chi connectivity index (χ4v) is 3.29. The zero-order valence-electron chi connectivity index (χ0n) is 12.4. The van der Waals surface area contributed by atoms with Crippen molar-refractivity contribution in [1.29, 1.82) is 0 Å². The van der Waals surface area contributed by atoms with Gasteiger partial charge in [-0.2, -0.15) is 0 Å². The first kappa shape index (κ1) is 16.8. The second kappa shape index (κ2) is 6.81. The first-order valence-electron chi connectivity index (χ1n) is 6.88. The van der Waals surface area contributed by atoms with Crippen LogP contribution in [0, 0.1) is 6.92 Å². The third-order valence-electron chi connectivity index (χ3n) is 3.21. The van der Waals surface area contributed by atoms with Gasteiger partial charge >= 0.3 is 5.97 Å². The Balaban J connectivity index is 1.84. The highest BCUT2D eigenvalue weighted by Crippen LogP contribution is 2.34. The highest BCUT2D eigenvalue weighted by Gasteiger charge is 2.15. The number of rotatable bonds is 4. The number of nitrogens with zero attached hydrogens (tertiary/aromatic N) is 1. The van der Waals surface area contributed by atoms with Crippen molar-refractivity contribution in [2.75, 3.05) is 0 Å². The van der Waals surface area contributed by atoms with E-state index in [-0.39, 0.29) is 4.88 Å². The molecule has 0 spiro atoms. The topological polar surface area (TPSA) is 59.4 Å². The Kier molecular flexibility index (Phi) is 4.76. The Morgan fingerprint density at radius 2 is 1.88 bits per heavy atom. The molecule has 0 saturated carbocycles. The van der Waals surface area contributed by atoms with Gasteiger partial charge in [-0.3, -0.25) is 0 Å². The van der Waals surface area contributed by atoms with Gasteiger partial charge in [-0.1, -0.05) is 23.2 Å². The van der Waals surface area contributed by atoms with Crippen LogP contribution >= 0.6 is 34.5 Å². The molecule has 0 bridgehead atoms. The summed E-state index contributed by atoms with van der Waals surface area (Å²) in [6.07, 6.45) is 0. The number of carbonyl (C=O) groups is 1. The molecule has 0 unspecified atom stereocenters. The van der Waals surface area contributed by atoms with Crippen molar-refractivity contribution in [3.8, 4) is 22.1 Å². The highest BCUT2D eigenvalue weighted by atomic mass is 35.5. The molecule has 1 heterocycles. The van der Waals surface area contributed by atoms with E-state index in [9.17, 15) is 4.79 Å². The minimum atomic E-state index is -0.966. The second-order valence-corrected chi connectivity index (χ2v) is 6.78. The standard InChI is InChI=1S/C17H11Cl2NO3S/c1-9-15(17(21)22)24-16(20-9)10-2-5-12(6-3-10)23-14-8-11(18)4-7-13(14)19/h2-8H,1H3,(H,21,22). The average Bonchev–Trinajstić information content (AvgIpc) is 2.94. The molecule has 0 aliphatic heterocycles. The third-order valence-corrected chi connectivity index (χ3v) is 4.96. The van der Waals surface area contributed by atoms with E-state index in [0.717, 1.165) is 16.9 Å². The van der Waals surface area contributed by atoms with Crippen LogP contribution < -0.4 is 4.74 Å². The summed E-state index contributed by atoms with van der Waals surface area (Å²) in [4.78, 5) is 15.7. The van der Waals surface area contributed by atoms with E-state index in [1.807, 2.05) is 12.1 Å². The van der Waals surface area contributed by atoms with Gasteiger partial charge in [0.05, 0.1) is 10.7 Å². The lowest BCUT2D eigenvalue weighted by Crippen LogP contribution is -1.94. The largest absolute Gasteiger partial charge is 0.477 e. The van der Waals surface area contributed by atoms with E-state index in [0.29, 0.717) is 32.2 Å². The smallest absolute Gasteiger partial charge is 0.347 e. The van der Waals surface area contributed by atoms with Crippen molar-refractivity contribution in [3.63, 3.8) is 0 Å². The number of hydrogen-bond donors (Lipinski definition) is 1. The van der Waals surface area contributed by atoms with E-state index < -0.39 is 5.97 Å². The number of hydrogen-bond acceptors (Lipinski definition) is 4. The summed E-state index contributed by atoms with van der Waals surface area (Å²) in [7, 11) is 0. The summed E-state index contributed by atoms with van der Waals surface area (Å²) < 4.78 is 5.72. The van der Waals surface area contributed by atoms with Crippen LogP contribution in [0.4, 0.5) is 0 Å². The van der Waals surface area contributed by atoms with Crippen LogP contribution in [0.3, 0.4) is 0 Å². The molecule has 2 aromatic carbocycles. The van der Waals surface area contributed by atoms with E-state index >= 15 is 0 Å². The lowest BCUT2D eigenvalue weighted by atomic mass is 10.2. The number of benzene rings is 2. The van der Waals surface area contributed by atoms with Gasteiger partial charge < -0.3 is 9.84 Å². The summed E-state index contributed by atoms with van der Waals surface area (Å²) in [6, 6.07) is 12.2. The van der Waals surface area contributed by atoms with Crippen LogP contribution in [0.5, 0.6) is 11.5 Å². The third kappa shape index (κ3) is 3.53. The van der Waals surface area contributed by atoms with Crippen LogP contribution in [0.15, 0.2) is 42.5 Å². The zero-order chi connectivity index (χ0) is 17.3. The maximum Gasteiger partial charge on any atom is 0.347 e. The molecule has 0 aliphatic carbocycles. The van der Waals surface area contributed by atoms with E-state index in [1.165, 1.54) is 0 Å². The molecule has 3 aromatic rings. The molecule has 0 radical (unpaired) electrons. The number of carboxylic acids is 1. The van der Waals surface area contributed by atoms with Crippen molar-refractivity contribution in [2.24, 2.45) is 0 Å². The lowest BCUT2D eigenvalue weighted by Gasteiger charge is -2.08. The van der Waals surface area contributed by atoms with Gasteiger partial charge in [0, 0.05) is 16.7 Å². The number of carboxylic acid groups (broad SMARTS) is 1. The molecular weight excluding hydrogens is 369 g/mol. The number of aryl methyl sites for hydroxylation is 1. The zero-order valence-corrected chi connectivity index (χ0v) is 14.7. The van der Waals surface area contributed by atoms with Gasteiger partial charge in [0.1, 0.15) is 21.4 Å². The Hall–Kier alpha value is -2.08. The molecular formula is C17H11Cl2NO3S. The van der Waals surface area contributed by atoms with Crippen LogP contribution in [0.25, 0.3) is 10.6 Å². The summed E-state index contributed by atoms with van der Waals surface area (Å²) in [5, 5.41) is 10.8. The number of ether oxygens (including phenoxy) is 1. The van der Waals surface area contributed by atoms with E-state index in [1.54, 1.807) is 37.3 Å². The number of aromatic nitrogens is 1. The molecule has 1 N–H and O–H groups in total. The molecule has 122 valence electrons. The van der Waals surface area contributed by atoms with Gasteiger partial charge in [0.15, 0.2) is 0 Å². The van der Waals surface area contributed by atoms with Gasteiger partial charge in [-0.15, -0.1) is 11.3 Å². The average molecular weight is 380 g/mol.